The molecule has 0 spiro atoms. The average Bonchev–Trinajstić information content (AvgIpc) is 2.98. The highest BCUT2D eigenvalue weighted by Gasteiger charge is 2.18. The van der Waals surface area contributed by atoms with Gasteiger partial charge in [0.2, 0.25) is 0 Å². The molecule has 1 aromatic heterocycles. The van der Waals surface area contributed by atoms with Crippen LogP contribution < -0.4 is 10.5 Å². The largest absolute Gasteiger partial charge is 0.423 e. The molecular formula is C26H29N3O2. The predicted octanol–water partition coefficient (Wildman–Crippen LogP) is 4.81. The molecule has 31 heavy (non-hydrogen) atoms. The number of benzene rings is 2. The molecule has 0 unspecified atom stereocenters. The number of fused-ring (bicyclic) bond motifs is 1. The molecule has 0 aliphatic carbocycles. The molecule has 0 amide bonds. The summed E-state index contributed by atoms with van der Waals surface area (Å²) in [7, 11) is 0. The van der Waals surface area contributed by atoms with E-state index in [4.69, 9.17) is 9.68 Å². The van der Waals surface area contributed by atoms with Crippen LogP contribution in [0.2, 0.25) is 0 Å². The van der Waals surface area contributed by atoms with Gasteiger partial charge in [0.25, 0.3) is 0 Å². The summed E-state index contributed by atoms with van der Waals surface area (Å²) in [5.74, 6) is 0.420. The molecule has 1 fully saturated rings. The molecule has 1 aliphatic heterocycles. The lowest BCUT2D eigenvalue weighted by Gasteiger charge is -2.24. The van der Waals surface area contributed by atoms with Gasteiger partial charge in [-0.3, -0.25) is 4.90 Å². The van der Waals surface area contributed by atoms with Crippen molar-refractivity contribution in [2.24, 2.45) is 0 Å². The first-order valence-corrected chi connectivity index (χ1v) is 11.0. The van der Waals surface area contributed by atoms with Crippen molar-refractivity contribution >= 4 is 16.7 Å². The molecule has 0 atom stereocenters. The van der Waals surface area contributed by atoms with E-state index in [1.807, 2.05) is 30.3 Å². The Morgan fingerprint density at radius 3 is 2.55 bits per heavy atom. The highest BCUT2D eigenvalue weighted by atomic mass is 16.4. The molecule has 0 bridgehead atoms. The summed E-state index contributed by atoms with van der Waals surface area (Å²) < 4.78 is 5.52. The lowest BCUT2D eigenvalue weighted by molar-refractivity contribution is 0.286. The van der Waals surface area contributed by atoms with Crippen molar-refractivity contribution in [2.45, 2.75) is 39.7 Å². The van der Waals surface area contributed by atoms with E-state index in [1.165, 1.54) is 5.56 Å². The second kappa shape index (κ2) is 8.95. The standard InChI is InChI=1S/C26H29N3O2/c1-18(2)23-15-24-21(14-26(30)31-25(24)13-19(23)3)17-28-9-4-10-29(12-11-28)22-7-5-20(16-27)6-8-22/h5-8,13-15,18H,4,9-12,17H2,1-3H3. The Labute approximate surface area is 183 Å². The Balaban J connectivity index is 1.55. The van der Waals surface area contributed by atoms with E-state index in [1.54, 1.807) is 6.07 Å². The zero-order chi connectivity index (χ0) is 22.0. The maximum atomic E-state index is 12.2. The topological polar surface area (TPSA) is 60.5 Å². The van der Waals surface area contributed by atoms with E-state index in [-0.39, 0.29) is 5.63 Å². The first-order chi connectivity index (χ1) is 14.9. The summed E-state index contributed by atoms with van der Waals surface area (Å²) in [4.78, 5) is 17.0. The minimum Gasteiger partial charge on any atom is -0.423 e. The quantitative estimate of drug-likeness (QED) is 0.573. The molecule has 0 radical (unpaired) electrons. The van der Waals surface area contributed by atoms with Crippen LogP contribution in [0, 0.1) is 18.3 Å². The van der Waals surface area contributed by atoms with Gasteiger partial charge in [-0.15, -0.1) is 0 Å². The third-order valence-electron chi connectivity index (χ3n) is 6.18. The number of hydrogen-bond acceptors (Lipinski definition) is 5. The van der Waals surface area contributed by atoms with Gasteiger partial charge in [-0.25, -0.2) is 4.79 Å². The molecule has 4 rings (SSSR count). The minimum atomic E-state index is -0.284. The van der Waals surface area contributed by atoms with Gasteiger partial charge >= 0.3 is 5.63 Å². The normalized spacial score (nSPS) is 15.3. The van der Waals surface area contributed by atoms with Crippen LogP contribution in [0.4, 0.5) is 5.69 Å². The molecule has 3 aromatic rings. The fourth-order valence-corrected chi connectivity index (χ4v) is 4.52. The van der Waals surface area contributed by atoms with Crippen molar-refractivity contribution in [3.8, 4) is 6.07 Å². The molecule has 160 valence electrons. The van der Waals surface area contributed by atoms with Crippen molar-refractivity contribution in [1.29, 1.82) is 5.26 Å². The smallest absolute Gasteiger partial charge is 0.336 e. The molecule has 5 nitrogen and oxygen atoms in total. The highest BCUT2D eigenvalue weighted by Crippen LogP contribution is 2.28. The van der Waals surface area contributed by atoms with Gasteiger partial charge in [-0.1, -0.05) is 13.8 Å². The minimum absolute atomic E-state index is 0.284. The monoisotopic (exact) mass is 415 g/mol. The maximum absolute atomic E-state index is 12.2. The molecule has 2 aromatic carbocycles. The van der Waals surface area contributed by atoms with E-state index >= 15 is 0 Å². The number of rotatable bonds is 4. The highest BCUT2D eigenvalue weighted by molar-refractivity contribution is 5.82. The van der Waals surface area contributed by atoms with Gasteiger partial charge in [0, 0.05) is 49.9 Å². The first kappa shape index (κ1) is 21.1. The van der Waals surface area contributed by atoms with Gasteiger partial charge in [0.15, 0.2) is 0 Å². The summed E-state index contributed by atoms with van der Waals surface area (Å²) in [5.41, 5.74) is 5.74. The number of nitrogens with zero attached hydrogens (tertiary/aromatic N) is 3. The molecular weight excluding hydrogens is 386 g/mol. The Morgan fingerprint density at radius 1 is 1.06 bits per heavy atom. The Hall–Kier alpha value is -3.10. The van der Waals surface area contributed by atoms with Crippen LogP contribution in [0.15, 0.2) is 51.7 Å². The Kier molecular flexibility index (Phi) is 6.11. The van der Waals surface area contributed by atoms with Crippen LogP contribution in [0.1, 0.15) is 48.4 Å². The maximum Gasteiger partial charge on any atom is 0.336 e. The van der Waals surface area contributed by atoms with Crippen LogP contribution >= 0.6 is 0 Å². The van der Waals surface area contributed by atoms with E-state index in [2.05, 4.69) is 42.7 Å². The van der Waals surface area contributed by atoms with Gasteiger partial charge < -0.3 is 9.32 Å². The third-order valence-corrected chi connectivity index (χ3v) is 6.18. The van der Waals surface area contributed by atoms with Crippen molar-refractivity contribution in [3.63, 3.8) is 0 Å². The summed E-state index contributed by atoms with van der Waals surface area (Å²) in [6, 6.07) is 15.9. The molecule has 1 saturated heterocycles. The molecule has 5 heteroatoms. The summed E-state index contributed by atoms with van der Waals surface area (Å²) >= 11 is 0. The number of hydrogen-bond donors (Lipinski definition) is 0. The summed E-state index contributed by atoms with van der Waals surface area (Å²) in [6.45, 7) is 11.0. The van der Waals surface area contributed by atoms with Gasteiger partial charge in [-0.2, -0.15) is 5.26 Å². The van der Waals surface area contributed by atoms with Gasteiger partial charge in [0.05, 0.1) is 11.6 Å². The van der Waals surface area contributed by atoms with Crippen LogP contribution in [-0.2, 0) is 6.54 Å². The van der Waals surface area contributed by atoms with Crippen LogP contribution in [-0.4, -0.2) is 31.1 Å². The second-order valence-electron chi connectivity index (χ2n) is 8.73. The Morgan fingerprint density at radius 2 is 1.84 bits per heavy atom. The lowest BCUT2D eigenvalue weighted by atomic mass is 9.95. The predicted molar refractivity (Wildman–Crippen MR) is 125 cm³/mol. The molecule has 1 aliphatic rings. The number of anilines is 1. The molecule has 0 N–H and O–H groups in total. The van der Waals surface area contributed by atoms with E-state index in [9.17, 15) is 4.79 Å². The fraction of sp³-hybridized carbons (Fsp3) is 0.385. The van der Waals surface area contributed by atoms with Gasteiger partial charge in [0.1, 0.15) is 5.58 Å². The van der Waals surface area contributed by atoms with Crippen LogP contribution in [0.3, 0.4) is 0 Å². The zero-order valence-electron chi connectivity index (χ0n) is 18.5. The Bertz CT molecular complexity index is 1170. The van der Waals surface area contributed by atoms with Crippen molar-refractivity contribution < 1.29 is 4.42 Å². The zero-order valence-corrected chi connectivity index (χ0v) is 18.5. The van der Waals surface area contributed by atoms with E-state index in [0.29, 0.717) is 17.1 Å². The molecule has 2 heterocycles. The van der Waals surface area contributed by atoms with Crippen molar-refractivity contribution in [3.05, 3.63) is 75.1 Å². The number of aryl methyl sites for hydroxylation is 1. The van der Waals surface area contributed by atoms with E-state index < -0.39 is 0 Å². The van der Waals surface area contributed by atoms with Crippen LogP contribution in [0.5, 0.6) is 0 Å². The summed E-state index contributed by atoms with van der Waals surface area (Å²) in [5, 5.41) is 10.1. The van der Waals surface area contributed by atoms with Gasteiger partial charge in [-0.05, 0) is 72.4 Å². The van der Waals surface area contributed by atoms with Crippen LogP contribution in [0.25, 0.3) is 11.0 Å². The summed E-state index contributed by atoms with van der Waals surface area (Å²) in [6.07, 6.45) is 1.05. The SMILES string of the molecule is Cc1cc2oc(=O)cc(CN3CCCN(c4ccc(C#N)cc4)CC3)c2cc1C(C)C. The number of nitriles is 1. The third kappa shape index (κ3) is 4.65. The van der Waals surface area contributed by atoms with E-state index in [0.717, 1.165) is 61.3 Å². The average molecular weight is 416 g/mol. The lowest BCUT2D eigenvalue weighted by Crippen LogP contribution is -2.30. The molecule has 0 saturated carbocycles. The van der Waals surface area contributed by atoms with Crippen molar-refractivity contribution in [1.82, 2.24) is 4.90 Å². The fourth-order valence-electron chi connectivity index (χ4n) is 4.52. The van der Waals surface area contributed by atoms with Crippen molar-refractivity contribution in [2.75, 3.05) is 31.1 Å². The second-order valence-corrected chi connectivity index (χ2v) is 8.73. The first-order valence-electron chi connectivity index (χ1n) is 11.0.